The second-order valence-electron chi connectivity index (χ2n) is 2.21. The molecule has 0 N–H and O–H groups in total. The molecule has 0 aliphatic heterocycles. The maximum absolute atomic E-state index is 9.99. The zero-order valence-corrected chi connectivity index (χ0v) is 6.45. The van der Waals surface area contributed by atoms with Gasteiger partial charge in [-0.3, -0.25) is 4.57 Å². The number of rotatable bonds is 4. The monoisotopic (exact) mass is 132 g/mol. The molecule has 0 amide bonds. The van der Waals surface area contributed by atoms with Crippen LogP contribution in [0.3, 0.4) is 0 Å². The molecule has 0 rings (SSSR count). The van der Waals surface area contributed by atoms with E-state index in [0.29, 0.717) is 14.4 Å². The molecule has 0 heterocycles. The van der Waals surface area contributed by atoms with Crippen LogP contribution >= 0.6 is 8.46 Å². The van der Waals surface area contributed by atoms with Crippen molar-refractivity contribution >= 4 is 8.46 Å². The molecule has 1 unspecified atom stereocenters. The first-order valence-corrected chi connectivity index (χ1v) is 4.10. The molecule has 48 valence electrons. The lowest BCUT2D eigenvalue weighted by molar-refractivity contribution is 0.559. The van der Waals surface area contributed by atoms with Crippen LogP contribution in [0.4, 0.5) is 0 Å². The first-order chi connectivity index (χ1) is 3.81. The van der Waals surface area contributed by atoms with E-state index in [2.05, 4.69) is 13.8 Å². The summed E-state index contributed by atoms with van der Waals surface area (Å²) in [5.41, 5.74) is 0. The van der Waals surface area contributed by atoms with Crippen LogP contribution < -0.4 is 0 Å². The Hall–Kier alpha value is 0.100. The van der Waals surface area contributed by atoms with E-state index in [1.807, 2.05) is 0 Å². The molecular weight excluding hydrogens is 119 g/mol. The average Bonchev–Trinajstić information content (AvgIpc) is 1.68. The molecule has 2 heteroatoms. The first kappa shape index (κ1) is 8.10. The maximum atomic E-state index is 9.99. The lowest BCUT2D eigenvalue weighted by Gasteiger charge is -2.01. The normalized spacial score (nSPS) is 14.2. The quantitative estimate of drug-likeness (QED) is 0.537. The number of hydrogen-bond acceptors (Lipinski definition) is 1. The minimum absolute atomic E-state index is 0.299. The van der Waals surface area contributed by atoms with Gasteiger partial charge in [0, 0.05) is 6.16 Å². The van der Waals surface area contributed by atoms with Gasteiger partial charge in [-0.25, -0.2) is 0 Å². The van der Waals surface area contributed by atoms with Crippen LogP contribution in [0.2, 0.25) is 0 Å². The lowest BCUT2D eigenvalue weighted by atomic mass is 10.1. The highest BCUT2D eigenvalue weighted by atomic mass is 31.1. The van der Waals surface area contributed by atoms with E-state index in [-0.39, 0.29) is 0 Å². The Morgan fingerprint density at radius 3 is 2.62 bits per heavy atom. The third-order valence-electron chi connectivity index (χ3n) is 1.17. The summed E-state index contributed by atoms with van der Waals surface area (Å²) < 4.78 is 9.99. The van der Waals surface area contributed by atoms with E-state index in [1.165, 1.54) is 12.8 Å². The molecule has 0 bridgehead atoms. The minimum Gasteiger partial charge on any atom is -0.275 e. The molecule has 1 atom stereocenters. The van der Waals surface area contributed by atoms with Crippen LogP contribution in [-0.2, 0) is 4.57 Å². The molecule has 0 aliphatic rings. The summed E-state index contributed by atoms with van der Waals surface area (Å²) in [5, 5.41) is 0. The van der Waals surface area contributed by atoms with Crippen LogP contribution in [0, 0.1) is 5.92 Å². The van der Waals surface area contributed by atoms with Gasteiger partial charge in [-0.2, -0.15) is 0 Å². The standard InChI is InChI=1S/C6H13OP/c1-3-4-6(2)5-8-7/h6H,3-5H2,1-2H3. The molecule has 0 aromatic carbocycles. The van der Waals surface area contributed by atoms with Crippen molar-refractivity contribution in [3.05, 3.63) is 0 Å². The largest absolute Gasteiger partial charge is 0.275 e. The van der Waals surface area contributed by atoms with E-state index in [4.69, 9.17) is 0 Å². The SMILES string of the molecule is CCCC(C)CP=O. The molecule has 0 fully saturated rings. The topological polar surface area (TPSA) is 17.1 Å². The van der Waals surface area contributed by atoms with Crippen molar-refractivity contribution in [1.82, 2.24) is 0 Å². The molecule has 0 saturated carbocycles. The molecule has 0 aromatic heterocycles. The Morgan fingerprint density at radius 2 is 2.25 bits per heavy atom. The first-order valence-electron chi connectivity index (χ1n) is 3.10. The summed E-state index contributed by atoms with van der Waals surface area (Å²) in [5.74, 6) is 0.638. The fourth-order valence-corrected chi connectivity index (χ4v) is 1.15. The molecular formula is C6H13OP. The van der Waals surface area contributed by atoms with Gasteiger partial charge >= 0.3 is 0 Å². The van der Waals surface area contributed by atoms with E-state index in [9.17, 15) is 4.57 Å². The zero-order valence-electron chi connectivity index (χ0n) is 5.55. The van der Waals surface area contributed by atoms with Crippen LogP contribution in [0.25, 0.3) is 0 Å². The highest BCUT2D eigenvalue weighted by Crippen LogP contribution is 2.09. The van der Waals surface area contributed by atoms with E-state index in [0.717, 1.165) is 6.16 Å². The predicted octanol–water partition coefficient (Wildman–Crippen LogP) is 2.71. The van der Waals surface area contributed by atoms with E-state index < -0.39 is 0 Å². The van der Waals surface area contributed by atoms with Crippen LogP contribution in [-0.4, -0.2) is 6.16 Å². The van der Waals surface area contributed by atoms with E-state index in [1.54, 1.807) is 0 Å². The zero-order chi connectivity index (χ0) is 6.41. The third-order valence-corrected chi connectivity index (χ3v) is 1.94. The Labute approximate surface area is 52.7 Å². The van der Waals surface area contributed by atoms with Gasteiger partial charge in [-0.1, -0.05) is 26.7 Å². The summed E-state index contributed by atoms with van der Waals surface area (Å²) >= 11 is 0. The fraction of sp³-hybridized carbons (Fsp3) is 1.00. The second kappa shape index (κ2) is 5.24. The van der Waals surface area contributed by atoms with Gasteiger partial charge in [0.15, 0.2) is 8.46 Å². The van der Waals surface area contributed by atoms with Gasteiger partial charge in [-0.15, -0.1) is 0 Å². The van der Waals surface area contributed by atoms with Gasteiger partial charge in [0.25, 0.3) is 0 Å². The Balaban J connectivity index is 3.03. The molecule has 8 heavy (non-hydrogen) atoms. The van der Waals surface area contributed by atoms with Gasteiger partial charge in [0.1, 0.15) is 0 Å². The molecule has 0 saturated heterocycles. The second-order valence-corrected chi connectivity index (χ2v) is 2.83. The molecule has 0 spiro atoms. The smallest absolute Gasteiger partial charge is 0.155 e. The van der Waals surface area contributed by atoms with Crippen molar-refractivity contribution < 1.29 is 4.57 Å². The van der Waals surface area contributed by atoms with Crippen molar-refractivity contribution in [2.24, 2.45) is 5.92 Å². The van der Waals surface area contributed by atoms with Crippen LogP contribution in [0.1, 0.15) is 26.7 Å². The average molecular weight is 132 g/mol. The fourth-order valence-electron chi connectivity index (χ4n) is 0.711. The lowest BCUT2D eigenvalue weighted by Crippen LogP contribution is -1.93. The minimum atomic E-state index is 0.299. The molecule has 0 aromatic rings. The van der Waals surface area contributed by atoms with E-state index >= 15 is 0 Å². The predicted molar refractivity (Wildman–Crippen MR) is 36.5 cm³/mol. The Bertz CT molecular complexity index is 63.5. The Morgan fingerprint density at radius 1 is 1.62 bits per heavy atom. The number of hydrogen-bond donors (Lipinski definition) is 0. The van der Waals surface area contributed by atoms with Crippen molar-refractivity contribution in [2.75, 3.05) is 6.16 Å². The van der Waals surface area contributed by atoms with Crippen molar-refractivity contribution in [3.63, 3.8) is 0 Å². The third kappa shape index (κ3) is 4.26. The Kier molecular flexibility index (Phi) is 5.31. The summed E-state index contributed by atoms with van der Waals surface area (Å²) in [7, 11) is 0.299. The molecule has 1 nitrogen and oxygen atoms in total. The van der Waals surface area contributed by atoms with Crippen molar-refractivity contribution in [2.45, 2.75) is 26.7 Å². The van der Waals surface area contributed by atoms with Crippen LogP contribution in [0.15, 0.2) is 0 Å². The maximum Gasteiger partial charge on any atom is 0.155 e. The van der Waals surface area contributed by atoms with Gasteiger partial charge < -0.3 is 0 Å². The van der Waals surface area contributed by atoms with Gasteiger partial charge in [-0.05, 0) is 5.92 Å². The molecule has 0 radical (unpaired) electrons. The van der Waals surface area contributed by atoms with Crippen molar-refractivity contribution in [3.8, 4) is 0 Å². The summed E-state index contributed by atoms with van der Waals surface area (Å²) in [6.07, 6.45) is 3.24. The summed E-state index contributed by atoms with van der Waals surface area (Å²) in [6, 6.07) is 0. The summed E-state index contributed by atoms with van der Waals surface area (Å²) in [4.78, 5) is 0. The van der Waals surface area contributed by atoms with Gasteiger partial charge in [0.2, 0.25) is 0 Å². The van der Waals surface area contributed by atoms with Crippen LogP contribution in [0.5, 0.6) is 0 Å². The molecule has 0 aliphatic carbocycles. The van der Waals surface area contributed by atoms with Crippen molar-refractivity contribution in [1.29, 1.82) is 0 Å². The highest BCUT2D eigenvalue weighted by Gasteiger charge is 1.97. The highest BCUT2D eigenvalue weighted by molar-refractivity contribution is 7.23. The van der Waals surface area contributed by atoms with Gasteiger partial charge in [0.05, 0.1) is 0 Å². The summed E-state index contributed by atoms with van der Waals surface area (Å²) in [6.45, 7) is 4.28.